The predicted molar refractivity (Wildman–Crippen MR) is 158 cm³/mol. The summed E-state index contributed by atoms with van der Waals surface area (Å²) in [7, 11) is -1.66. The fourth-order valence-corrected chi connectivity index (χ4v) is 5.67. The van der Waals surface area contributed by atoms with Gasteiger partial charge in [0.2, 0.25) is 10.0 Å². The number of piperazine rings is 1. The number of pyridine rings is 3. The second-order valence-corrected chi connectivity index (χ2v) is 11.9. The summed E-state index contributed by atoms with van der Waals surface area (Å²) in [6.45, 7) is 3.82. The zero-order chi connectivity index (χ0) is 29.1. The van der Waals surface area contributed by atoms with E-state index >= 15 is 0 Å². The van der Waals surface area contributed by atoms with Gasteiger partial charge in [-0.3, -0.25) is 14.6 Å². The van der Waals surface area contributed by atoms with Crippen molar-refractivity contribution < 1.29 is 12.8 Å². The lowest BCUT2D eigenvalue weighted by Gasteiger charge is -2.32. The molecule has 1 aliphatic rings. The number of benzene rings is 1. The summed E-state index contributed by atoms with van der Waals surface area (Å²) >= 11 is 5.94. The standard InChI is InChI=1S/C27H27ClFN9O2S/c1-37-6-8-38(9-7-37)10-11-41(39,40)36-24-12-17(15-33-27(24)31)22-4-5-23-26(35-22)25(18(14-30)16-32-23)34-19-2-3-21(29)20(28)13-19/h2-5,12-13,15-16,36H,6-11H2,1H3,(H2,31,33)(H,32,34). The molecule has 14 heteroatoms. The average Bonchev–Trinajstić information content (AvgIpc) is 2.96. The molecule has 1 fully saturated rings. The molecule has 0 atom stereocenters. The molecule has 4 heterocycles. The number of nitrogens with zero attached hydrogens (tertiary/aromatic N) is 6. The highest BCUT2D eigenvalue weighted by molar-refractivity contribution is 7.92. The Morgan fingerprint density at radius 2 is 1.90 bits per heavy atom. The van der Waals surface area contributed by atoms with Gasteiger partial charge in [-0.05, 0) is 43.4 Å². The first-order valence-corrected chi connectivity index (χ1v) is 14.7. The quantitative estimate of drug-likeness (QED) is 0.275. The van der Waals surface area contributed by atoms with Gasteiger partial charge in [0.25, 0.3) is 0 Å². The summed E-state index contributed by atoms with van der Waals surface area (Å²) in [5, 5.41) is 12.7. The van der Waals surface area contributed by atoms with Gasteiger partial charge in [-0.25, -0.2) is 22.8 Å². The van der Waals surface area contributed by atoms with Crippen LogP contribution in [0, 0.1) is 17.1 Å². The summed E-state index contributed by atoms with van der Waals surface area (Å²) in [4.78, 5) is 17.5. The third-order valence-electron chi connectivity index (χ3n) is 6.77. The van der Waals surface area contributed by atoms with Crippen molar-refractivity contribution in [2.45, 2.75) is 0 Å². The Bertz CT molecular complexity index is 1760. The molecule has 0 bridgehead atoms. The van der Waals surface area contributed by atoms with Crippen molar-refractivity contribution in [1.29, 1.82) is 5.26 Å². The molecule has 212 valence electrons. The number of hydrogen-bond acceptors (Lipinski definition) is 10. The smallest absolute Gasteiger partial charge is 0.234 e. The molecule has 4 aromatic rings. The Morgan fingerprint density at radius 3 is 2.63 bits per heavy atom. The van der Waals surface area contributed by atoms with Crippen LogP contribution in [0.3, 0.4) is 0 Å². The van der Waals surface area contributed by atoms with Crippen molar-refractivity contribution >= 4 is 55.5 Å². The van der Waals surface area contributed by atoms with Crippen LogP contribution in [0.25, 0.3) is 22.3 Å². The molecule has 41 heavy (non-hydrogen) atoms. The van der Waals surface area contributed by atoms with Gasteiger partial charge in [0.1, 0.15) is 23.2 Å². The zero-order valence-electron chi connectivity index (χ0n) is 22.1. The van der Waals surface area contributed by atoms with Crippen molar-refractivity contribution in [2.24, 2.45) is 0 Å². The first-order valence-electron chi connectivity index (χ1n) is 12.7. The molecular weight excluding hydrogens is 569 g/mol. The Kier molecular flexibility index (Phi) is 8.18. The number of aromatic nitrogens is 3. The molecule has 1 saturated heterocycles. The van der Waals surface area contributed by atoms with Gasteiger partial charge in [0, 0.05) is 56.4 Å². The van der Waals surface area contributed by atoms with Crippen molar-refractivity contribution in [2.75, 3.05) is 61.3 Å². The monoisotopic (exact) mass is 595 g/mol. The van der Waals surface area contributed by atoms with E-state index in [1.807, 2.05) is 7.05 Å². The van der Waals surface area contributed by atoms with Crippen molar-refractivity contribution in [1.82, 2.24) is 24.8 Å². The molecule has 3 aromatic heterocycles. The van der Waals surface area contributed by atoms with Crippen LogP contribution < -0.4 is 15.8 Å². The highest BCUT2D eigenvalue weighted by atomic mass is 35.5. The van der Waals surface area contributed by atoms with Crippen LogP contribution in [0.5, 0.6) is 0 Å². The number of nitrogens with two attached hydrogens (primary N) is 1. The van der Waals surface area contributed by atoms with Crippen LogP contribution in [0.4, 0.5) is 27.3 Å². The average molecular weight is 596 g/mol. The van der Waals surface area contributed by atoms with Gasteiger partial charge in [0.15, 0.2) is 0 Å². The number of halogens is 2. The number of anilines is 4. The van der Waals surface area contributed by atoms with Gasteiger partial charge in [-0.2, -0.15) is 5.26 Å². The molecule has 4 N–H and O–H groups in total. The SMILES string of the molecule is CN1CCN(CCS(=O)(=O)Nc2cc(-c3ccc4ncc(C#N)c(Nc5ccc(F)c(Cl)c5)c4n3)cnc2N)CC1. The lowest BCUT2D eigenvalue weighted by Crippen LogP contribution is -2.46. The van der Waals surface area contributed by atoms with E-state index in [-0.39, 0.29) is 27.8 Å². The number of likely N-dealkylation sites (N-methyl/N-ethyl adjacent to an activating group) is 1. The number of hydrogen-bond donors (Lipinski definition) is 3. The first kappa shape index (κ1) is 28.4. The minimum absolute atomic E-state index is 0.0293. The summed E-state index contributed by atoms with van der Waals surface area (Å²) in [5.74, 6) is -0.624. The molecule has 0 unspecified atom stereocenters. The van der Waals surface area contributed by atoms with E-state index in [4.69, 9.17) is 22.3 Å². The Morgan fingerprint density at radius 1 is 1.12 bits per heavy atom. The van der Waals surface area contributed by atoms with E-state index in [9.17, 15) is 18.1 Å². The Balaban J connectivity index is 1.43. The molecule has 0 radical (unpaired) electrons. The molecule has 0 amide bonds. The highest BCUT2D eigenvalue weighted by Gasteiger charge is 2.20. The summed E-state index contributed by atoms with van der Waals surface area (Å²) in [6, 6.07) is 11.2. The third-order valence-corrected chi connectivity index (χ3v) is 8.31. The fourth-order valence-electron chi connectivity index (χ4n) is 4.39. The number of sulfonamides is 1. The molecule has 0 aliphatic carbocycles. The summed E-state index contributed by atoms with van der Waals surface area (Å²) < 4.78 is 42.0. The topological polar surface area (TPSA) is 153 Å². The van der Waals surface area contributed by atoms with E-state index < -0.39 is 15.8 Å². The van der Waals surface area contributed by atoms with Crippen molar-refractivity contribution in [3.8, 4) is 17.3 Å². The Labute approximate surface area is 241 Å². The molecule has 1 aromatic carbocycles. The maximum absolute atomic E-state index is 13.7. The summed E-state index contributed by atoms with van der Waals surface area (Å²) in [6.07, 6.45) is 2.90. The van der Waals surface area contributed by atoms with Crippen LogP contribution in [0.15, 0.2) is 48.8 Å². The molecule has 0 spiro atoms. The largest absolute Gasteiger partial charge is 0.382 e. The van der Waals surface area contributed by atoms with Crippen LogP contribution in [0.2, 0.25) is 5.02 Å². The molecular formula is C27H27ClFN9O2S. The second kappa shape index (κ2) is 11.8. The minimum atomic E-state index is -3.70. The highest BCUT2D eigenvalue weighted by Crippen LogP contribution is 2.32. The maximum Gasteiger partial charge on any atom is 0.234 e. The number of fused-ring (bicyclic) bond motifs is 1. The summed E-state index contributed by atoms with van der Waals surface area (Å²) in [5.41, 5.74) is 9.00. The lowest BCUT2D eigenvalue weighted by atomic mass is 10.1. The van der Waals surface area contributed by atoms with E-state index in [0.717, 1.165) is 26.2 Å². The fraction of sp³-hybridized carbons (Fsp3) is 0.259. The minimum Gasteiger partial charge on any atom is -0.382 e. The van der Waals surface area contributed by atoms with E-state index in [0.29, 0.717) is 40.2 Å². The Hall–Kier alpha value is -4.09. The number of rotatable bonds is 8. The zero-order valence-corrected chi connectivity index (χ0v) is 23.7. The van der Waals surface area contributed by atoms with Gasteiger partial charge in [0.05, 0.1) is 38.9 Å². The van der Waals surface area contributed by atoms with Gasteiger partial charge in [-0.15, -0.1) is 0 Å². The first-order chi connectivity index (χ1) is 19.6. The van der Waals surface area contributed by atoms with Crippen molar-refractivity contribution in [3.63, 3.8) is 0 Å². The van der Waals surface area contributed by atoms with E-state index in [2.05, 4.69) is 35.9 Å². The van der Waals surface area contributed by atoms with Crippen LogP contribution in [-0.4, -0.2) is 78.7 Å². The second-order valence-electron chi connectivity index (χ2n) is 9.70. The van der Waals surface area contributed by atoms with Crippen LogP contribution >= 0.6 is 11.6 Å². The van der Waals surface area contributed by atoms with Gasteiger partial charge < -0.3 is 16.0 Å². The molecule has 0 saturated carbocycles. The predicted octanol–water partition coefficient (Wildman–Crippen LogP) is 3.67. The number of nitriles is 1. The number of nitrogens with one attached hydrogen (secondary N) is 2. The third kappa shape index (κ3) is 6.63. The number of nitrogen functional groups attached to an aromatic ring is 1. The normalized spacial score (nSPS) is 14.6. The van der Waals surface area contributed by atoms with Crippen LogP contribution in [-0.2, 0) is 10.0 Å². The van der Waals surface area contributed by atoms with E-state index in [1.165, 1.54) is 30.6 Å². The van der Waals surface area contributed by atoms with E-state index in [1.54, 1.807) is 18.2 Å². The van der Waals surface area contributed by atoms with Crippen molar-refractivity contribution in [3.05, 3.63) is 65.2 Å². The molecule has 5 rings (SSSR count). The van der Waals surface area contributed by atoms with Gasteiger partial charge >= 0.3 is 0 Å². The van der Waals surface area contributed by atoms with Gasteiger partial charge in [-0.1, -0.05) is 11.6 Å². The molecule has 1 aliphatic heterocycles. The maximum atomic E-state index is 13.7. The van der Waals surface area contributed by atoms with Crippen LogP contribution in [0.1, 0.15) is 5.56 Å². The molecule has 11 nitrogen and oxygen atoms in total. The lowest BCUT2D eigenvalue weighted by molar-refractivity contribution is 0.161.